The Balaban J connectivity index is 4.00. The van der Waals surface area contributed by atoms with Crippen LogP contribution in [0.25, 0.3) is 0 Å². The van der Waals surface area contributed by atoms with Crippen molar-refractivity contribution >= 4 is 43.9 Å². The number of thiol groups is 3. The normalized spacial score (nSPS) is 18.9. The van der Waals surface area contributed by atoms with Gasteiger partial charge in [-0.05, 0) is 0 Å². The minimum Gasteiger partial charge on any atom is -0.480 e. The summed E-state index contributed by atoms with van der Waals surface area (Å²) < 4.78 is 0. The van der Waals surface area contributed by atoms with Crippen LogP contribution in [0.4, 0.5) is 0 Å². The maximum Gasteiger partial charge on any atom is 0.319 e. The number of carbonyl (C=O) groups is 1. The van der Waals surface area contributed by atoms with E-state index in [2.05, 4.69) is 37.9 Å². The number of aliphatic hydroxyl groups is 1. The summed E-state index contributed by atoms with van der Waals surface area (Å²) in [6.45, 7) is 0. The second-order valence-electron chi connectivity index (χ2n) is 2.02. The molecule has 3 atom stereocenters. The Kier molecular flexibility index (Phi) is 5.41. The second kappa shape index (κ2) is 5.18. The van der Waals surface area contributed by atoms with Crippen LogP contribution in [-0.2, 0) is 4.79 Å². The molecule has 3 unspecified atom stereocenters. The fourth-order valence-electron chi connectivity index (χ4n) is 0.465. The molecule has 0 aromatic heterocycles. The lowest BCUT2D eigenvalue weighted by atomic mass is 10.2. The van der Waals surface area contributed by atoms with Gasteiger partial charge in [-0.15, -0.1) is 0 Å². The molecule has 0 aromatic carbocycles. The summed E-state index contributed by atoms with van der Waals surface area (Å²) in [5, 5.41) is 16.0. The van der Waals surface area contributed by atoms with Crippen LogP contribution in [-0.4, -0.2) is 38.5 Å². The van der Waals surface area contributed by atoms with Gasteiger partial charge in [-0.1, -0.05) is 0 Å². The predicted octanol–water partition coefficient (Wildman–Crippen LogP) is -0.0415. The molecule has 0 aliphatic carbocycles. The highest BCUT2D eigenvalue weighted by molar-refractivity contribution is 7.85. The SMILES string of the molecule is O=C(O)C(S)C(O)C(S)CS. The van der Waals surface area contributed by atoms with Gasteiger partial charge in [0, 0.05) is 11.0 Å². The van der Waals surface area contributed by atoms with Gasteiger partial charge in [0.2, 0.25) is 0 Å². The van der Waals surface area contributed by atoms with Crippen LogP contribution in [0.5, 0.6) is 0 Å². The summed E-state index contributed by atoms with van der Waals surface area (Å²) in [5.74, 6) is -0.837. The van der Waals surface area contributed by atoms with Crippen molar-refractivity contribution in [1.29, 1.82) is 0 Å². The van der Waals surface area contributed by atoms with E-state index >= 15 is 0 Å². The molecule has 0 spiro atoms. The second-order valence-corrected chi connectivity index (χ2v) is 3.61. The van der Waals surface area contributed by atoms with Gasteiger partial charge in [0.25, 0.3) is 0 Å². The summed E-state index contributed by atoms with van der Waals surface area (Å²) in [6, 6.07) is 0. The molecule has 0 aliphatic heterocycles. The zero-order valence-electron chi connectivity index (χ0n) is 5.58. The van der Waals surface area contributed by atoms with E-state index in [1.807, 2.05) is 0 Å². The van der Waals surface area contributed by atoms with Crippen molar-refractivity contribution in [3.63, 3.8) is 0 Å². The number of rotatable bonds is 4. The minimum absolute atomic E-state index is 0.314. The van der Waals surface area contributed by atoms with Crippen LogP contribution in [0.1, 0.15) is 0 Å². The molecule has 0 fully saturated rings. The fraction of sp³-hybridized carbons (Fsp3) is 0.800. The number of hydrogen-bond acceptors (Lipinski definition) is 5. The van der Waals surface area contributed by atoms with Gasteiger partial charge < -0.3 is 10.2 Å². The quantitative estimate of drug-likeness (QED) is 0.427. The van der Waals surface area contributed by atoms with Crippen molar-refractivity contribution in [2.24, 2.45) is 0 Å². The van der Waals surface area contributed by atoms with Crippen molar-refractivity contribution in [2.75, 3.05) is 5.75 Å². The third-order valence-electron chi connectivity index (χ3n) is 1.16. The van der Waals surface area contributed by atoms with Crippen LogP contribution in [0.3, 0.4) is 0 Å². The molecule has 0 bridgehead atoms. The topological polar surface area (TPSA) is 57.5 Å². The van der Waals surface area contributed by atoms with Crippen molar-refractivity contribution in [3.8, 4) is 0 Å². The molecule has 0 heterocycles. The van der Waals surface area contributed by atoms with Gasteiger partial charge in [0.05, 0.1) is 6.10 Å². The van der Waals surface area contributed by atoms with Crippen molar-refractivity contribution in [3.05, 3.63) is 0 Å². The standard InChI is InChI=1S/C5H10O3S3/c6-3(2(10)1-9)4(11)5(7)8/h2-4,6,9-11H,1H2,(H,7,8). The summed E-state index contributed by atoms with van der Waals surface area (Å²) >= 11 is 11.5. The van der Waals surface area contributed by atoms with Crippen LogP contribution in [0.2, 0.25) is 0 Å². The zero-order valence-corrected chi connectivity index (χ0v) is 8.27. The first-order valence-electron chi connectivity index (χ1n) is 2.88. The molecule has 0 aromatic rings. The molecular weight excluding hydrogens is 204 g/mol. The van der Waals surface area contributed by atoms with Gasteiger partial charge in [-0.25, -0.2) is 0 Å². The molecule has 6 heteroatoms. The van der Waals surface area contributed by atoms with Crippen LogP contribution in [0, 0.1) is 0 Å². The van der Waals surface area contributed by atoms with Crippen molar-refractivity contribution in [2.45, 2.75) is 16.6 Å². The lowest BCUT2D eigenvalue weighted by molar-refractivity contribution is -0.138. The Hall–Kier alpha value is 0.480. The Morgan fingerprint density at radius 2 is 1.91 bits per heavy atom. The van der Waals surface area contributed by atoms with E-state index in [0.29, 0.717) is 5.75 Å². The summed E-state index contributed by atoms with van der Waals surface area (Å²) in [7, 11) is 0. The number of aliphatic hydroxyl groups excluding tert-OH is 1. The maximum absolute atomic E-state index is 10.3. The van der Waals surface area contributed by atoms with Crippen molar-refractivity contribution < 1.29 is 15.0 Å². The molecule has 2 N–H and O–H groups in total. The molecular formula is C5H10O3S3. The molecule has 0 saturated heterocycles. The van der Waals surface area contributed by atoms with Crippen LogP contribution < -0.4 is 0 Å². The first kappa shape index (κ1) is 11.5. The Labute approximate surface area is 81.4 Å². The molecule has 0 aliphatic rings. The van der Waals surface area contributed by atoms with E-state index in [1.165, 1.54) is 0 Å². The van der Waals surface area contributed by atoms with Crippen molar-refractivity contribution in [1.82, 2.24) is 0 Å². The number of aliphatic carboxylic acids is 1. The highest BCUT2D eigenvalue weighted by atomic mass is 32.1. The average molecular weight is 214 g/mol. The molecule has 66 valence electrons. The van der Waals surface area contributed by atoms with Gasteiger partial charge in [-0.3, -0.25) is 4.79 Å². The first-order valence-corrected chi connectivity index (χ1v) is 4.55. The average Bonchev–Trinajstić information content (AvgIpc) is 2.00. The molecule has 0 amide bonds. The molecule has 0 saturated carbocycles. The van der Waals surface area contributed by atoms with Gasteiger partial charge >= 0.3 is 5.97 Å². The first-order chi connectivity index (χ1) is 5.00. The van der Waals surface area contributed by atoms with Gasteiger partial charge in [-0.2, -0.15) is 37.9 Å². The summed E-state index contributed by atoms with van der Waals surface area (Å²) in [5.41, 5.74) is 0. The largest absolute Gasteiger partial charge is 0.480 e. The lowest BCUT2D eigenvalue weighted by Gasteiger charge is -2.18. The van der Waals surface area contributed by atoms with E-state index in [0.717, 1.165) is 0 Å². The Morgan fingerprint density at radius 1 is 1.45 bits per heavy atom. The molecule has 11 heavy (non-hydrogen) atoms. The zero-order chi connectivity index (χ0) is 9.02. The highest BCUT2D eigenvalue weighted by Crippen LogP contribution is 2.12. The van der Waals surface area contributed by atoms with E-state index in [9.17, 15) is 9.90 Å². The molecule has 0 rings (SSSR count). The van der Waals surface area contributed by atoms with E-state index < -0.39 is 22.6 Å². The minimum atomic E-state index is -1.15. The smallest absolute Gasteiger partial charge is 0.319 e. The molecule has 0 radical (unpaired) electrons. The Bertz CT molecular complexity index is 141. The lowest BCUT2D eigenvalue weighted by Crippen LogP contribution is -2.37. The number of carboxylic acids is 1. The Morgan fingerprint density at radius 3 is 2.18 bits per heavy atom. The van der Waals surface area contributed by atoms with Gasteiger partial charge in [0.1, 0.15) is 5.25 Å². The third kappa shape index (κ3) is 3.59. The number of hydrogen-bond donors (Lipinski definition) is 5. The van der Waals surface area contributed by atoms with Crippen LogP contribution >= 0.6 is 37.9 Å². The van der Waals surface area contributed by atoms with E-state index in [4.69, 9.17) is 5.11 Å². The number of carboxylic acid groups (broad SMARTS) is 1. The van der Waals surface area contributed by atoms with Gasteiger partial charge in [0.15, 0.2) is 0 Å². The van der Waals surface area contributed by atoms with Crippen LogP contribution in [0.15, 0.2) is 0 Å². The maximum atomic E-state index is 10.3. The molecule has 3 nitrogen and oxygen atoms in total. The monoisotopic (exact) mass is 214 g/mol. The van der Waals surface area contributed by atoms with E-state index in [-0.39, 0.29) is 0 Å². The van der Waals surface area contributed by atoms with E-state index in [1.54, 1.807) is 0 Å². The summed E-state index contributed by atoms with van der Waals surface area (Å²) in [6.07, 6.45) is -1.07. The fourth-order valence-corrected chi connectivity index (χ4v) is 1.20. The third-order valence-corrected chi connectivity index (χ3v) is 2.85. The highest BCUT2D eigenvalue weighted by Gasteiger charge is 2.26. The predicted molar refractivity (Wildman–Crippen MR) is 53.0 cm³/mol. The summed E-state index contributed by atoms with van der Waals surface area (Å²) in [4.78, 5) is 10.3.